The second-order valence-electron chi connectivity index (χ2n) is 7.51. The SMILES string of the molecule is O=C(c1cc(-c2cccs2)nn1-c1ccc(Cl)cc1)N1CCN(c2ccccc2F)CC1. The van der Waals surface area contributed by atoms with Gasteiger partial charge in [0.1, 0.15) is 17.2 Å². The summed E-state index contributed by atoms with van der Waals surface area (Å²) in [4.78, 5) is 18.3. The standard InChI is InChI=1S/C24H20ClFN4OS/c25-17-7-9-18(10-8-17)30-22(16-20(27-30)23-6-3-15-32-23)24(31)29-13-11-28(12-14-29)21-5-2-1-4-19(21)26/h1-10,15-16H,11-14H2. The van der Waals surface area contributed by atoms with E-state index in [1.165, 1.54) is 6.07 Å². The maximum absolute atomic E-state index is 14.2. The number of aromatic nitrogens is 2. The van der Waals surface area contributed by atoms with Crippen molar-refractivity contribution in [1.29, 1.82) is 0 Å². The molecule has 0 saturated carbocycles. The predicted octanol–water partition coefficient (Wildman–Crippen LogP) is 5.36. The Morgan fingerprint density at radius 1 is 0.969 bits per heavy atom. The Hall–Kier alpha value is -3.16. The Kier molecular flexibility index (Phi) is 5.68. The average molecular weight is 467 g/mol. The summed E-state index contributed by atoms with van der Waals surface area (Å²) in [7, 11) is 0. The lowest BCUT2D eigenvalue weighted by atomic mass is 10.2. The number of hydrogen-bond donors (Lipinski definition) is 0. The van der Waals surface area contributed by atoms with Gasteiger partial charge in [0.15, 0.2) is 0 Å². The maximum Gasteiger partial charge on any atom is 0.272 e. The molecular weight excluding hydrogens is 447 g/mol. The van der Waals surface area contributed by atoms with Crippen LogP contribution in [0.25, 0.3) is 16.3 Å². The summed E-state index contributed by atoms with van der Waals surface area (Å²) in [6.07, 6.45) is 0. The van der Waals surface area contributed by atoms with Gasteiger partial charge in [-0.2, -0.15) is 5.10 Å². The Bertz CT molecular complexity index is 1230. The van der Waals surface area contributed by atoms with Gasteiger partial charge in [-0.1, -0.05) is 29.8 Å². The van der Waals surface area contributed by atoms with Crippen LogP contribution in [0, 0.1) is 5.82 Å². The molecule has 0 N–H and O–H groups in total. The van der Waals surface area contributed by atoms with Gasteiger partial charge in [0.05, 0.1) is 16.3 Å². The van der Waals surface area contributed by atoms with Crippen molar-refractivity contribution in [3.8, 4) is 16.3 Å². The van der Waals surface area contributed by atoms with Gasteiger partial charge in [-0.25, -0.2) is 9.07 Å². The first kappa shape index (κ1) is 20.7. The van der Waals surface area contributed by atoms with Crippen LogP contribution in [0.2, 0.25) is 5.02 Å². The van der Waals surface area contributed by atoms with E-state index in [2.05, 4.69) is 0 Å². The molecule has 0 aliphatic carbocycles. The van der Waals surface area contributed by atoms with Crippen LogP contribution in [-0.4, -0.2) is 46.8 Å². The minimum atomic E-state index is -0.242. The highest BCUT2D eigenvalue weighted by Crippen LogP contribution is 2.27. The summed E-state index contributed by atoms with van der Waals surface area (Å²) in [5.74, 6) is -0.336. The molecule has 32 heavy (non-hydrogen) atoms. The number of halogens is 2. The van der Waals surface area contributed by atoms with Gasteiger partial charge in [-0.15, -0.1) is 11.3 Å². The number of carbonyl (C=O) groups is 1. The highest BCUT2D eigenvalue weighted by molar-refractivity contribution is 7.13. The number of benzene rings is 2. The fourth-order valence-corrected chi connectivity index (χ4v) is 4.69. The third-order valence-electron chi connectivity index (χ3n) is 5.53. The number of para-hydroxylation sites is 1. The van der Waals surface area contributed by atoms with E-state index in [1.54, 1.807) is 45.2 Å². The van der Waals surface area contributed by atoms with Crippen molar-refractivity contribution in [2.45, 2.75) is 0 Å². The molecule has 2 aromatic heterocycles. The van der Waals surface area contributed by atoms with Crippen LogP contribution < -0.4 is 4.90 Å². The van der Waals surface area contributed by atoms with E-state index in [0.29, 0.717) is 42.6 Å². The van der Waals surface area contributed by atoms with Gasteiger partial charge in [-0.05, 0) is 53.9 Å². The van der Waals surface area contributed by atoms with Crippen molar-refractivity contribution < 1.29 is 9.18 Å². The summed E-state index contributed by atoms with van der Waals surface area (Å²) in [5, 5.41) is 7.33. The van der Waals surface area contributed by atoms with Gasteiger partial charge in [0, 0.05) is 31.2 Å². The monoisotopic (exact) mass is 466 g/mol. The maximum atomic E-state index is 14.2. The zero-order chi connectivity index (χ0) is 22.1. The Morgan fingerprint density at radius 3 is 2.41 bits per heavy atom. The summed E-state index contributed by atoms with van der Waals surface area (Å²) < 4.78 is 15.8. The van der Waals surface area contributed by atoms with Crippen LogP contribution in [0.15, 0.2) is 72.1 Å². The number of amides is 1. The molecule has 0 atom stereocenters. The molecule has 1 amide bonds. The summed E-state index contributed by atoms with van der Waals surface area (Å²) in [6, 6.07) is 19.8. The average Bonchev–Trinajstić information content (AvgIpc) is 3.50. The van der Waals surface area contributed by atoms with Crippen molar-refractivity contribution in [2.75, 3.05) is 31.1 Å². The first-order valence-corrected chi connectivity index (χ1v) is 11.5. The van der Waals surface area contributed by atoms with Crippen molar-refractivity contribution in [3.05, 3.63) is 88.6 Å². The molecule has 0 spiro atoms. The highest BCUT2D eigenvalue weighted by Gasteiger charge is 2.27. The third kappa shape index (κ3) is 4.01. The smallest absolute Gasteiger partial charge is 0.272 e. The molecule has 8 heteroatoms. The zero-order valence-corrected chi connectivity index (χ0v) is 18.7. The first-order valence-electron chi connectivity index (χ1n) is 10.3. The van der Waals surface area contributed by atoms with Crippen LogP contribution in [0.3, 0.4) is 0 Å². The topological polar surface area (TPSA) is 41.4 Å². The molecule has 5 nitrogen and oxygen atoms in total. The molecule has 5 rings (SSSR count). The van der Waals surface area contributed by atoms with Gasteiger partial charge in [-0.3, -0.25) is 4.79 Å². The van der Waals surface area contributed by atoms with Crippen molar-refractivity contribution in [1.82, 2.24) is 14.7 Å². The van der Waals surface area contributed by atoms with Gasteiger partial charge >= 0.3 is 0 Å². The lowest BCUT2D eigenvalue weighted by molar-refractivity contribution is 0.0737. The van der Waals surface area contributed by atoms with Gasteiger partial charge < -0.3 is 9.80 Å². The fourth-order valence-electron chi connectivity index (χ4n) is 3.88. The Morgan fingerprint density at radius 2 is 1.72 bits per heavy atom. The second kappa shape index (κ2) is 8.76. The molecular formula is C24H20ClFN4OS. The van der Waals surface area contributed by atoms with E-state index < -0.39 is 0 Å². The number of nitrogens with zero attached hydrogens (tertiary/aromatic N) is 4. The van der Waals surface area contributed by atoms with Crippen LogP contribution in [0.5, 0.6) is 0 Å². The minimum Gasteiger partial charge on any atom is -0.366 e. The van der Waals surface area contributed by atoms with Gasteiger partial charge in [0.2, 0.25) is 0 Å². The zero-order valence-electron chi connectivity index (χ0n) is 17.1. The van der Waals surface area contributed by atoms with Crippen LogP contribution >= 0.6 is 22.9 Å². The van der Waals surface area contributed by atoms with E-state index in [-0.39, 0.29) is 11.7 Å². The fraction of sp³-hybridized carbons (Fsp3) is 0.167. The van der Waals surface area contributed by atoms with Crippen molar-refractivity contribution in [2.24, 2.45) is 0 Å². The van der Waals surface area contributed by atoms with Gasteiger partial charge in [0.25, 0.3) is 5.91 Å². The molecule has 0 bridgehead atoms. The number of anilines is 1. The molecule has 4 aromatic rings. The second-order valence-corrected chi connectivity index (χ2v) is 8.90. The Labute approximate surface area is 194 Å². The van der Waals surface area contributed by atoms with Crippen molar-refractivity contribution in [3.63, 3.8) is 0 Å². The molecule has 0 radical (unpaired) electrons. The molecule has 1 aliphatic heterocycles. The summed E-state index contributed by atoms with van der Waals surface area (Å²) in [5.41, 5.74) is 2.59. The number of thiophene rings is 1. The number of rotatable bonds is 4. The molecule has 1 fully saturated rings. The van der Waals surface area contributed by atoms with Crippen LogP contribution in [0.1, 0.15) is 10.5 Å². The van der Waals surface area contributed by atoms with E-state index in [0.717, 1.165) is 16.3 Å². The normalized spacial score (nSPS) is 14.1. The highest BCUT2D eigenvalue weighted by atomic mass is 35.5. The molecule has 162 valence electrons. The van der Waals surface area contributed by atoms with E-state index >= 15 is 0 Å². The molecule has 2 aromatic carbocycles. The predicted molar refractivity (Wildman–Crippen MR) is 126 cm³/mol. The summed E-state index contributed by atoms with van der Waals surface area (Å²) >= 11 is 7.63. The minimum absolute atomic E-state index is 0.0940. The lowest BCUT2D eigenvalue weighted by Gasteiger charge is -2.36. The first-order chi connectivity index (χ1) is 15.6. The van der Waals surface area contributed by atoms with Crippen LogP contribution in [0.4, 0.5) is 10.1 Å². The van der Waals surface area contributed by atoms with E-state index in [9.17, 15) is 9.18 Å². The largest absolute Gasteiger partial charge is 0.366 e. The number of piperazine rings is 1. The Balaban J connectivity index is 1.42. The van der Waals surface area contributed by atoms with E-state index in [4.69, 9.17) is 16.7 Å². The van der Waals surface area contributed by atoms with Crippen LogP contribution in [-0.2, 0) is 0 Å². The third-order valence-corrected chi connectivity index (χ3v) is 6.68. The van der Waals surface area contributed by atoms with E-state index in [1.807, 2.05) is 46.7 Å². The van der Waals surface area contributed by atoms with Crippen molar-refractivity contribution >= 4 is 34.5 Å². The molecule has 1 aliphatic rings. The molecule has 0 unspecified atom stereocenters. The quantitative estimate of drug-likeness (QED) is 0.407. The number of hydrogen-bond acceptors (Lipinski definition) is 4. The molecule has 3 heterocycles. The lowest BCUT2D eigenvalue weighted by Crippen LogP contribution is -2.49. The summed E-state index contributed by atoms with van der Waals surface area (Å²) in [6.45, 7) is 2.15. The number of carbonyl (C=O) groups excluding carboxylic acids is 1. The molecule has 1 saturated heterocycles.